The fraction of sp³-hybridized carbons (Fsp3) is 0.194. The monoisotopic (exact) mass is 621 g/mol. The van der Waals surface area contributed by atoms with Crippen molar-refractivity contribution in [3.63, 3.8) is 0 Å². The lowest BCUT2D eigenvalue weighted by Crippen LogP contribution is -2.25. The van der Waals surface area contributed by atoms with Crippen molar-refractivity contribution in [1.29, 1.82) is 5.26 Å². The second-order valence-electron chi connectivity index (χ2n) is 11.2. The summed E-state index contributed by atoms with van der Waals surface area (Å²) in [4.78, 5) is 13.4. The number of rotatable bonds is 11. The SMILES string of the molecule is N#Cc1cccc(-n2nc(C(F)(F)F)cc2C(=O)Nc2cccc(C(NCC3CC3)c3ccc(OCc4ccccc4)cc3)c2)c1. The molecule has 1 amide bonds. The number of ether oxygens (including phenoxy) is 1. The average Bonchev–Trinajstić information content (AvgIpc) is 3.78. The van der Waals surface area contributed by atoms with Crippen LogP contribution in [-0.2, 0) is 12.8 Å². The van der Waals surface area contributed by atoms with E-state index >= 15 is 0 Å². The maximum Gasteiger partial charge on any atom is 0.435 e. The van der Waals surface area contributed by atoms with E-state index in [1.165, 1.54) is 37.1 Å². The number of hydrogen-bond acceptors (Lipinski definition) is 5. The molecule has 5 aromatic rings. The fourth-order valence-electron chi connectivity index (χ4n) is 5.11. The largest absolute Gasteiger partial charge is 0.489 e. The quantitative estimate of drug-likeness (QED) is 0.158. The number of amides is 1. The Hall–Kier alpha value is -5.40. The number of hydrogen-bond donors (Lipinski definition) is 2. The van der Waals surface area contributed by atoms with Gasteiger partial charge in [-0.1, -0.05) is 60.7 Å². The van der Waals surface area contributed by atoms with Crippen LogP contribution >= 0.6 is 0 Å². The van der Waals surface area contributed by atoms with Crippen LogP contribution in [0.5, 0.6) is 5.75 Å². The number of anilines is 1. The summed E-state index contributed by atoms with van der Waals surface area (Å²) in [6.07, 6.45) is -2.42. The molecule has 0 spiro atoms. The smallest absolute Gasteiger partial charge is 0.435 e. The first kappa shape index (κ1) is 30.6. The molecule has 1 unspecified atom stereocenters. The van der Waals surface area contributed by atoms with Gasteiger partial charge < -0.3 is 15.4 Å². The summed E-state index contributed by atoms with van der Waals surface area (Å²) in [5, 5.41) is 19.3. The maximum atomic E-state index is 13.6. The van der Waals surface area contributed by atoms with E-state index in [4.69, 9.17) is 4.74 Å². The van der Waals surface area contributed by atoms with Gasteiger partial charge in [0.2, 0.25) is 0 Å². The first-order valence-corrected chi connectivity index (χ1v) is 14.9. The number of benzene rings is 4. The number of alkyl halides is 3. The topological polar surface area (TPSA) is 92.0 Å². The van der Waals surface area contributed by atoms with Crippen LogP contribution in [0.25, 0.3) is 5.69 Å². The molecule has 7 nitrogen and oxygen atoms in total. The van der Waals surface area contributed by atoms with Crippen LogP contribution < -0.4 is 15.4 Å². The minimum Gasteiger partial charge on any atom is -0.489 e. The normalized spacial score (nSPS) is 13.5. The Morgan fingerprint density at radius 1 is 0.935 bits per heavy atom. The van der Waals surface area contributed by atoms with Crippen LogP contribution in [0.4, 0.5) is 18.9 Å². The summed E-state index contributed by atoms with van der Waals surface area (Å²) in [5.74, 6) is 0.580. The lowest BCUT2D eigenvalue weighted by atomic mass is 9.97. The average molecular weight is 622 g/mol. The van der Waals surface area contributed by atoms with Crippen LogP contribution in [0.15, 0.2) is 109 Å². The third-order valence-electron chi connectivity index (χ3n) is 7.70. The van der Waals surface area contributed by atoms with Crippen molar-refractivity contribution in [1.82, 2.24) is 15.1 Å². The number of nitriles is 1. The molecule has 2 N–H and O–H groups in total. The van der Waals surface area contributed by atoms with E-state index in [1.807, 2.05) is 72.8 Å². The molecular weight excluding hydrogens is 591 g/mol. The van der Waals surface area contributed by atoms with Gasteiger partial charge in [0.1, 0.15) is 18.1 Å². The number of carbonyl (C=O) groups excluding carboxylic acids is 1. The van der Waals surface area contributed by atoms with Crippen molar-refractivity contribution < 1.29 is 22.7 Å². The van der Waals surface area contributed by atoms with E-state index in [-0.39, 0.29) is 23.0 Å². The highest BCUT2D eigenvalue weighted by atomic mass is 19.4. The molecule has 1 heterocycles. The third-order valence-corrected chi connectivity index (χ3v) is 7.70. The predicted octanol–water partition coefficient (Wildman–Crippen LogP) is 7.68. The Balaban J connectivity index is 1.24. The van der Waals surface area contributed by atoms with Crippen molar-refractivity contribution in [3.8, 4) is 17.5 Å². The lowest BCUT2D eigenvalue weighted by Gasteiger charge is -2.21. The van der Waals surface area contributed by atoms with Gasteiger partial charge in [0.25, 0.3) is 5.91 Å². The molecule has 1 saturated carbocycles. The van der Waals surface area contributed by atoms with Gasteiger partial charge in [-0.05, 0) is 84.5 Å². The number of nitrogens with zero attached hydrogens (tertiary/aromatic N) is 3. The molecule has 6 rings (SSSR count). The van der Waals surface area contributed by atoms with Crippen molar-refractivity contribution >= 4 is 11.6 Å². The molecule has 0 aliphatic heterocycles. The van der Waals surface area contributed by atoms with Gasteiger partial charge in [-0.25, -0.2) is 4.68 Å². The van der Waals surface area contributed by atoms with Crippen LogP contribution in [-0.4, -0.2) is 22.2 Å². The molecule has 1 aliphatic rings. The highest BCUT2D eigenvalue weighted by Gasteiger charge is 2.36. The molecule has 1 aromatic heterocycles. The van der Waals surface area contributed by atoms with Crippen LogP contribution in [0.3, 0.4) is 0 Å². The Labute approximate surface area is 264 Å². The summed E-state index contributed by atoms with van der Waals surface area (Å²) < 4.78 is 47.8. The van der Waals surface area contributed by atoms with Crippen LogP contribution in [0.2, 0.25) is 0 Å². The second-order valence-corrected chi connectivity index (χ2v) is 11.2. The van der Waals surface area contributed by atoms with E-state index in [2.05, 4.69) is 15.7 Å². The zero-order valence-electron chi connectivity index (χ0n) is 24.7. The minimum absolute atomic E-state index is 0.161. The first-order chi connectivity index (χ1) is 22.3. The predicted molar refractivity (Wildman–Crippen MR) is 167 cm³/mol. The van der Waals surface area contributed by atoms with Crippen molar-refractivity contribution in [2.24, 2.45) is 5.92 Å². The zero-order valence-corrected chi connectivity index (χ0v) is 24.7. The van der Waals surface area contributed by atoms with Crippen molar-refractivity contribution in [3.05, 3.63) is 143 Å². The van der Waals surface area contributed by atoms with Gasteiger partial charge in [-0.2, -0.15) is 23.5 Å². The van der Waals surface area contributed by atoms with Gasteiger partial charge in [-0.15, -0.1) is 0 Å². The molecule has 232 valence electrons. The number of aromatic nitrogens is 2. The maximum absolute atomic E-state index is 13.6. The molecule has 46 heavy (non-hydrogen) atoms. The van der Waals surface area contributed by atoms with E-state index in [0.29, 0.717) is 24.3 Å². The summed E-state index contributed by atoms with van der Waals surface area (Å²) in [5.41, 5.74) is 2.22. The molecule has 4 aromatic carbocycles. The minimum atomic E-state index is -4.77. The summed E-state index contributed by atoms with van der Waals surface area (Å²) in [6, 6.07) is 33.4. The Kier molecular flexibility index (Phi) is 8.85. The van der Waals surface area contributed by atoms with E-state index in [9.17, 15) is 23.2 Å². The van der Waals surface area contributed by atoms with E-state index < -0.39 is 17.8 Å². The van der Waals surface area contributed by atoms with Crippen molar-refractivity contribution in [2.75, 3.05) is 11.9 Å². The van der Waals surface area contributed by atoms with E-state index in [1.54, 1.807) is 12.1 Å². The van der Waals surface area contributed by atoms with Crippen LogP contribution in [0.1, 0.15) is 57.3 Å². The van der Waals surface area contributed by atoms with Gasteiger partial charge in [-0.3, -0.25) is 4.79 Å². The van der Waals surface area contributed by atoms with Gasteiger partial charge in [0, 0.05) is 11.8 Å². The third kappa shape index (κ3) is 7.45. The fourth-order valence-corrected chi connectivity index (χ4v) is 5.11. The summed E-state index contributed by atoms with van der Waals surface area (Å²) in [6.45, 7) is 1.28. The molecular formula is C36H30F3N5O2. The van der Waals surface area contributed by atoms with Crippen LogP contribution in [0, 0.1) is 17.2 Å². The number of carbonyl (C=O) groups is 1. The molecule has 10 heteroatoms. The first-order valence-electron chi connectivity index (χ1n) is 14.9. The van der Waals surface area contributed by atoms with Gasteiger partial charge >= 0.3 is 6.18 Å². The lowest BCUT2D eigenvalue weighted by molar-refractivity contribution is -0.141. The van der Waals surface area contributed by atoms with E-state index in [0.717, 1.165) is 33.7 Å². The molecule has 1 atom stereocenters. The molecule has 0 bridgehead atoms. The van der Waals surface area contributed by atoms with Crippen molar-refractivity contribution in [2.45, 2.75) is 31.7 Å². The van der Waals surface area contributed by atoms with Gasteiger partial charge in [0.15, 0.2) is 5.69 Å². The molecule has 1 fully saturated rings. The molecule has 0 radical (unpaired) electrons. The highest BCUT2D eigenvalue weighted by molar-refractivity contribution is 6.03. The highest BCUT2D eigenvalue weighted by Crippen LogP contribution is 2.32. The number of nitrogens with one attached hydrogen (secondary N) is 2. The standard InChI is InChI=1S/C36H30F3N5O2/c37-36(38,39)33-20-32(44(43-33)30-11-4-8-26(18-30)21-40)35(45)42-29-10-5-9-28(19-29)34(41-22-24-12-13-24)27-14-16-31(17-15-27)46-23-25-6-2-1-3-7-25/h1-11,14-20,24,34,41H,12-13,22-23H2,(H,42,45). The Morgan fingerprint density at radius 3 is 2.41 bits per heavy atom. The van der Waals surface area contributed by atoms with Gasteiger partial charge in [0.05, 0.1) is 23.4 Å². The summed E-state index contributed by atoms with van der Waals surface area (Å²) >= 11 is 0. The molecule has 0 saturated heterocycles. The Bertz CT molecular complexity index is 1860. The Morgan fingerprint density at radius 2 is 1.70 bits per heavy atom. The second kappa shape index (κ2) is 13.3. The molecule has 1 aliphatic carbocycles. The zero-order chi connectivity index (χ0) is 32.1. The number of halogens is 3. The summed E-state index contributed by atoms with van der Waals surface area (Å²) in [7, 11) is 0.